The molecule has 1 rings (SSSR count). The number of hydrogen-bond donors (Lipinski definition) is 3. The normalized spacial score (nSPS) is 23.7. The maximum Gasteiger partial charge on any atom is 0.426 e. The third kappa shape index (κ3) is 4.12. The Labute approximate surface area is 108 Å². The predicted molar refractivity (Wildman–Crippen MR) is 68.4 cm³/mol. The number of nitrogens with one attached hydrogen (secondary N) is 1. The molecule has 0 aromatic rings. The first-order chi connectivity index (χ1) is 8.31. The van der Waals surface area contributed by atoms with Crippen LogP contribution in [0.4, 0.5) is 4.79 Å². The topological polar surface area (TPSA) is 87.8 Å². The van der Waals surface area contributed by atoms with Crippen LogP contribution < -0.4 is 11.2 Å². The molecule has 0 aromatic carbocycles. The number of rotatable bonds is 6. The molecule has 3 atom stereocenters. The summed E-state index contributed by atoms with van der Waals surface area (Å²) in [6, 6.07) is -0.408. The number of nitrogens with zero attached hydrogens (tertiary/aromatic N) is 1. The number of aliphatic hydroxyl groups excluding tert-OH is 1. The first kappa shape index (κ1) is 15.2. The van der Waals surface area contributed by atoms with Gasteiger partial charge in [0.05, 0.1) is 0 Å². The maximum absolute atomic E-state index is 11.6. The number of aliphatic hydroxyl groups is 1. The van der Waals surface area contributed by atoms with Crippen molar-refractivity contribution >= 4 is 6.09 Å². The van der Waals surface area contributed by atoms with E-state index >= 15 is 0 Å². The Hall–Kier alpha value is -0.850. The molecule has 1 saturated heterocycles. The van der Waals surface area contributed by atoms with Crippen molar-refractivity contribution in [2.75, 3.05) is 6.54 Å². The number of carbonyl (C=O) groups excluding carboxylic acids is 1. The van der Waals surface area contributed by atoms with Crippen LogP contribution in [0.15, 0.2) is 0 Å². The van der Waals surface area contributed by atoms with Gasteiger partial charge in [0, 0.05) is 12.6 Å². The summed E-state index contributed by atoms with van der Waals surface area (Å²) in [4.78, 5) is 11.6. The molecule has 18 heavy (non-hydrogen) atoms. The van der Waals surface area contributed by atoms with Gasteiger partial charge in [-0.3, -0.25) is 0 Å². The lowest BCUT2D eigenvalue weighted by Crippen LogP contribution is -2.51. The summed E-state index contributed by atoms with van der Waals surface area (Å²) in [5.74, 6) is 0.712. The van der Waals surface area contributed by atoms with Crippen molar-refractivity contribution in [2.45, 2.75) is 52.5 Å². The van der Waals surface area contributed by atoms with Crippen molar-refractivity contribution < 1.29 is 14.6 Å². The molecule has 0 aliphatic carbocycles. The molecule has 0 saturated carbocycles. The van der Waals surface area contributed by atoms with E-state index in [0.717, 1.165) is 0 Å². The van der Waals surface area contributed by atoms with Crippen LogP contribution in [0.3, 0.4) is 0 Å². The van der Waals surface area contributed by atoms with Crippen molar-refractivity contribution in [3.63, 3.8) is 0 Å². The van der Waals surface area contributed by atoms with Crippen molar-refractivity contribution in [3.05, 3.63) is 0 Å². The molecule has 0 spiro atoms. The van der Waals surface area contributed by atoms with Crippen LogP contribution in [0.1, 0.15) is 34.1 Å². The van der Waals surface area contributed by atoms with E-state index in [9.17, 15) is 9.90 Å². The van der Waals surface area contributed by atoms with Crippen LogP contribution in [0, 0.1) is 11.8 Å². The molecule has 6 nitrogen and oxygen atoms in total. The minimum Gasteiger partial charge on any atom is -0.425 e. The van der Waals surface area contributed by atoms with Crippen LogP contribution in [0.5, 0.6) is 0 Å². The Morgan fingerprint density at radius 2 is 2.00 bits per heavy atom. The Morgan fingerprint density at radius 1 is 1.39 bits per heavy atom. The smallest absolute Gasteiger partial charge is 0.425 e. The van der Waals surface area contributed by atoms with E-state index in [4.69, 9.17) is 10.5 Å². The Kier molecular flexibility index (Phi) is 5.37. The summed E-state index contributed by atoms with van der Waals surface area (Å²) in [7, 11) is 0. The summed E-state index contributed by atoms with van der Waals surface area (Å²) >= 11 is 0. The fraction of sp³-hybridized carbons (Fsp3) is 0.917. The van der Waals surface area contributed by atoms with Crippen molar-refractivity contribution in [2.24, 2.45) is 17.6 Å². The van der Waals surface area contributed by atoms with E-state index in [2.05, 4.69) is 5.43 Å². The van der Waals surface area contributed by atoms with Crippen LogP contribution >= 0.6 is 0 Å². The second-order valence-electron chi connectivity index (χ2n) is 5.72. The van der Waals surface area contributed by atoms with E-state index in [1.165, 1.54) is 5.01 Å². The molecule has 1 aliphatic rings. The van der Waals surface area contributed by atoms with Gasteiger partial charge in [-0.1, -0.05) is 27.7 Å². The number of ether oxygens (including phenoxy) is 1. The van der Waals surface area contributed by atoms with Crippen LogP contribution in [-0.2, 0) is 4.74 Å². The quantitative estimate of drug-likeness (QED) is 0.652. The van der Waals surface area contributed by atoms with E-state index in [0.29, 0.717) is 24.8 Å². The van der Waals surface area contributed by atoms with Gasteiger partial charge in [-0.15, -0.1) is 0 Å². The fourth-order valence-corrected chi connectivity index (χ4v) is 1.95. The molecule has 1 heterocycles. The predicted octanol–water partition coefficient (Wildman–Crippen LogP) is 0.660. The monoisotopic (exact) mass is 259 g/mol. The molecule has 1 aliphatic heterocycles. The first-order valence-corrected chi connectivity index (χ1v) is 6.49. The van der Waals surface area contributed by atoms with E-state index in [-0.39, 0.29) is 0 Å². The van der Waals surface area contributed by atoms with Gasteiger partial charge < -0.3 is 15.6 Å². The van der Waals surface area contributed by atoms with Gasteiger partial charge >= 0.3 is 6.09 Å². The number of amides is 1. The Balaban J connectivity index is 2.51. The summed E-state index contributed by atoms with van der Waals surface area (Å²) in [5, 5.41) is 11.4. The van der Waals surface area contributed by atoms with Crippen molar-refractivity contribution in [1.82, 2.24) is 10.4 Å². The van der Waals surface area contributed by atoms with E-state index in [1.807, 2.05) is 27.7 Å². The molecule has 1 amide bonds. The lowest BCUT2D eigenvalue weighted by Gasteiger charge is -2.24. The van der Waals surface area contributed by atoms with Gasteiger partial charge in [0.25, 0.3) is 0 Å². The fourth-order valence-electron chi connectivity index (χ4n) is 1.95. The van der Waals surface area contributed by atoms with Gasteiger partial charge in [0.15, 0.2) is 6.23 Å². The lowest BCUT2D eigenvalue weighted by molar-refractivity contribution is -0.00544. The number of hydrazine groups is 1. The average molecular weight is 259 g/mol. The molecule has 0 bridgehead atoms. The molecule has 6 heteroatoms. The summed E-state index contributed by atoms with van der Waals surface area (Å²) in [5.41, 5.74) is 8.75. The minimum absolute atomic E-state index is 0.324. The summed E-state index contributed by atoms with van der Waals surface area (Å²) in [6.07, 6.45) is -1.41. The van der Waals surface area contributed by atoms with Gasteiger partial charge in [-0.25, -0.2) is 9.80 Å². The number of nitrogens with two attached hydrogens (primary N) is 1. The van der Waals surface area contributed by atoms with Gasteiger partial charge in [-0.2, -0.15) is 5.43 Å². The standard InChI is InChI=1S/C12H25N3O3/c1-7(2)5-9(13)10(16)11-14-15(6-8(3)4)12(17)18-11/h7-11,14,16H,5-6,13H2,1-4H3. The maximum atomic E-state index is 11.6. The van der Waals surface area contributed by atoms with Crippen molar-refractivity contribution in [1.29, 1.82) is 0 Å². The molecular formula is C12H25N3O3. The molecule has 1 fully saturated rings. The van der Waals surface area contributed by atoms with Crippen LogP contribution in [-0.4, -0.2) is 41.1 Å². The number of cyclic esters (lactones) is 1. The first-order valence-electron chi connectivity index (χ1n) is 6.49. The zero-order valence-electron chi connectivity index (χ0n) is 11.6. The lowest BCUT2D eigenvalue weighted by atomic mass is 9.99. The molecular weight excluding hydrogens is 234 g/mol. The summed E-state index contributed by atoms with van der Waals surface area (Å²) in [6.45, 7) is 8.62. The Bertz CT molecular complexity index is 284. The molecule has 4 N–H and O–H groups in total. The zero-order chi connectivity index (χ0) is 13.9. The zero-order valence-corrected chi connectivity index (χ0v) is 11.6. The third-order valence-electron chi connectivity index (χ3n) is 2.77. The average Bonchev–Trinajstić information content (AvgIpc) is 2.57. The highest BCUT2D eigenvalue weighted by Gasteiger charge is 2.38. The van der Waals surface area contributed by atoms with E-state index in [1.54, 1.807) is 0 Å². The highest BCUT2D eigenvalue weighted by Crippen LogP contribution is 2.15. The SMILES string of the molecule is CC(C)CC(N)C(O)C1NN(CC(C)C)C(=O)O1. The minimum atomic E-state index is -0.895. The van der Waals surface area contributed by atoms with Crippen molar-refractivity contribution in [3.8, 4) is 0 Å². The Morgan fingerprint density at radius 3 is 2.50 bits per heavy atom. The van der Waals surface area contributed by atoms with Crippen LogP contribution in [0.25, 0.3) is 0 Å². The van der Waals surface area contributed by atoms with Gasteiger partial charge in [0.1, 0.15) is 6.10 Å². The van der Waals surface area contributed by atoms with Gasteiger partial charge in [0.2, 0.25) is 0 Å². The molecule has 0 radical (unpaired) electrons. The second-order valence-corrected chi connectivity index (χ2v) is 5.72. The highest BCUT2D eigenvalue weighted by molar-refractivity contribution is 5.68. The number of hydrogen-bond acceptors (Lipinski definition) is 5. The summed E-state index contributed by atoms with van der Waals surface area (Å²) < 4.78 is 5.09. The molecule has 0 aromatic heterocycles. The number of carbonyl (C=O) groups is 1. The second kappa shape index (κ2) is 6.36. The molecule has 3 unspecified atom stereocenters. The highest BCUT2D eigenvalue weighted by atomic mass is 16.6. The van der Waals surface area contributed by atoms with E-state index < -0.39 is 24.5 Å². The van der Waals surface area contributed by atoms with Crippen LogP contribution in [0.2, 0.25) is 0 Å². The largest absolute Gasteiger partial charge is 0.426 e. The van der Waals surface area contributed by atoms with Gasteiger partial charge in [-0.05, 0) is 18.3 Å². The molecule has 106 valence electrons. The third-order valence-corrected chi connectivity index (χ3v) is 2.77.